The first kappa shape index (κ1) is 9.32. The zero-order valence-corrected chi connectivity index (χ0v) is 8.11. The molecule has 0 aliphatic rings. The Hall–Kier alpha value is -2.24. The highest BCUT2D eigenvalue weighted by molar-refractivity contribution is 5.21. The predicted octanol–water partition coefficient (Wildman–Crippen LogP) is 0.315. The van der Waals surface area contributed by atoms with Crippen molar-refractivity contribution in [2.24, 2.45) is 0 Å². The van der Waals surface area contributed by atoms with Crippen LogP contribution in [0.4, 0.5) is 0 Å². The summed E-state index contributed by atoms with van der Waals surface area (Å²) >= 11 is 0. The van der Waals surface area contributed by atoms with E-state index in [1.165, 1.54) is 6.20 Å². The molecule has 6 nitrogen and oxygen atoms in total. The molecule has 2 aromatic heterocycles. The molecule has 15 heavy (non-hydrogen) atoms. The summed E-state index contributed by atoms with van der Waals surface area (Å²) < 4.78 is 2.29. The van der Waals surface area contributed by atoms with Crippen LogP contribution in [0.1, 0.15) is 6.92 Å². The average molecular weight is 203 g/mol. The molecule has 0 fully saturated rings. The molecule has 0 saturated heterocycles. The summed E-state index contributed by atoms with van der Waals surface area (Å²) in [5, 5.41) is 7.38. The summed E-state index contributed by atoms with van der Waals surface area (Å²) in [5.74, 6) is 0.457. The molecule has 0 amide bonds. The number of hydrogen-bond acceptors (Lipinski definition) is 4. The fraction of sp³-hybridized carbons (Fsp3) is 0.111. The monoisotopic (exact) mass is 203 g/mol. The van der Waals surface area contributed by atoms with Crippen LogP contribution in [0.15, 0.2) is 35.3 Å². The van der Waals surface area contributed by atoms with Gasteiger partial charge in [-0.05, 0) is 29.5 Å². The van der Waals surface area contributed by atoms with Gasteiger partial charge in [0.25, 0.3) is 0 Å². The van der Waals surface area contributed by atoms with Crippen LogP contribution >= 0.6 is 0 Å². The third-order valence-electron chi connectivity index (χ3n) is 1.76. The maximum Gasteiger partial charge on any atom is 0.374 e. The third-order valence-corrected chi connectivity index (χ3v) is 1.76. The van der Waals surface area contributed by atoms with Gasteiger partial charge in [0.15, 0.2) is 5.82 Å². The standard InChI is InChI=1S/C9H9N5O/c1-2-7-13-9(15)14(12-11-13)8-5-3-4-6-10-8/h2-7H,1H3/b7-2+. The molecule has 0 spiro atoms. The van der Waals surface area contributed by atoms with Crippen molar-refractivity contribution >= 4 is 6.20 Å². The minimum Gasteiger partial charge on any atom is -0.243 e. The van der Waals surface area contributed by atoms with Crippen LogP contribution in [-0.2, 0) is 0 Å². The molecule has 0 N–H and O–H groups in total. The van der Waals surface area contributed by atoms with E-state index < -0.39 is 0 Å². The van der Waals surface area contributed by atoms with Gasteiger partial charge in [-0.25, -0.2) is 9.78 Å². The van der Waals surface area contributed by atoms with Gasteiger partial charge in [0.1, 0.15) is 0 Å². The lowest BCUT2D eigenvalue weighted by Gasteiger charge is -1.93. The summed E-state index contributed by atoms with van der Waals surface area (Å²) in [6, 6.07) is 5.24. The fourth-order valence-corrected chi connectivity index (χ4v) is 1.11. The van der Waals surface area contributed by atoms with E-state index in [1.54, 1.807) is 37.4 Å². The van der Waals surface area contributed by atoms with Crippen LogP contribution in [0, 0.1) is 0 Å². The molecule has 2 heterocycles. The van der Waals surface area contributed by atoms with Crippen molar-refractivity contribution in [3.8, 4) is 5.82 Å². The van der Waals surface area contributed by atoms with Crippen LogP contribution in [0.5, 0.6) is 0 Å². The molecular weight excluding hydrogens is 194 g/mol. The molecule has 0 aliphatic heterocycles. The van der Waals surface area contributed by atoms with Gasteiger partial charge in [0.05, 0.1) is 0 Å². The Labute approximate surface area is 85.5 Å². The molecular formula is C9H9N5O. The number of aromatic nitrogens is 5. The number of pyridine rings is 1. The topological polar surface area (TPSA) is 65.6 Å². The van der Waals surface area contributed by atoms with Crippen molar-refractivity contribution < 1.29 is 0 Å². The number of nitrogens with zero attached hydrogens (tertiary/aromatic N) is 5. The first-order valence-electron chi connectivity index (χ1n) is 4.41. The molecule has 76 valence electrons. The summed E-state index contributed by atoms with van der Waals surface area (Å²) in [4.78, 5) is 15.7. The van der Waals surface area contributed by atoms with Crippen LogP contribution in [0.3, 0.4) is 0 Å². The quantitative estimate of drug-likeness (QED) is 0.704. The van der Waals surface area contributed by atoms with Gasteiger partial charge in [-0.15, -0.1) is 4.68 Å². The molecule has 6 heteroatoms. The van der Waals surface area contributed by atoms with Crippen LogP contribution in [0.25, 0.3) is 12.0 Å². The largest absolute Gasteiger partial charge is 0.374 e. The maximum atomic E-state index is 11.7. The van der Waals surface area contributed by atoms with Crippen LogP contribution < -0.4 is 5.69 Å². The van der Waals surface area contributed by atoms with Crippen LogP contribution in [0.2, 0.25) is 0 Å². The lowest BCUT2D eigenvalue weighted by Crippen LogP contribution is -2.21. The maximum absolute atomic E-state index is 11.7. The van der Waals surface area contributed by atoms with Crippen molar-refractivity contribution in [1.29, 1.82) is 0 Å². The lowest BCUT2D eigenvalue weighted by molar-refractivity contribution is 0.753. The molecule has 0 atom stereocenters. The minimum absolute atomic E-state index is 0.341. The van der Waals surface area contributed by atoms with Gasteiger partial charge in [0, 0.05) is 12.4 Å². The van der Waals surface area contributed by atoms with E-state index >= 15 is 0 Å². The second kappa shape index (κ2) is 3.87. The van der Waals surface area contributed by atoms with Crippen molar-refractivity contribution in [1.82, 2.24) is 24.8 Å². The lowest BCUT2D eigenvalue weighted by atomic mass is 10.5. The van der Waals surface area contributed by atoms with Gasteiger partial charge < -0.3 is 0 Å². The Morgan fingerprint density at radius 1 is 1.33 bits per heavy atom. The molecule has 2 aromatic rings. The van der Waals surface area contributed by atoms with Crippen molar-refractivity contribution in [2.45, 2.75) is 6.92 Å². The van der Waals surface area contributed by atoms with E-state index in [-0.39, 0.29) is 5.69 Å². The number of hydrogen-bond donors (Lipinski definition) is 0. The Bertz CT molecular complexity index is 525. The molecule has 0 aliphatic carbocycles. The van der Waals surface area contributed by atoms with E-state index in [9.17, 15) is 4.79 Å². The number of rotatable bonds is 2. The number of allylic oxidation sites excluding steroid dienone is 1. The highest BCUT2D eigenvalue weighted by atomic mass is 16.2. The fourth-order valence-electron chi connectivity index (χ4n) is 1.11. The normalized spacial score (nSPS) is 11.0. The average Bonchev–Trinajstić information content (AvgIpc) is 2.63. The van der Waals surface area contributed by atoms with Crippen molar-refractivity contribution in [2.75, 3.05) is 0 Å². The predicted molar refractivity (Wildman–Crippen MR) is 54.4 cm³/mol. The van der Waals surface area contributed by atoms with E-state index in [1.807, 2.05) is 0 Å². The van der Waals surface area contributed by atoms with E-state index in [2.05, 4.69) is 15.4 Å². The summed E-state index contributed by atoms with van der Waals surface area (Å²) in [5.41, 5.74) is -0.341. The van der Waals surface area contributed by atoms with Crippen LogP contribution in [-0.4, -0.2) is 24.8 Å². The zero-order valence-electron chi connectivity index (χ0n) is 8.11. The Morgan fingerprint density at radius 2 is 2.20 bits per heavy atom. The van der Waals surface area contributed by atoms with E-state index in [0.717, 1.165) is 9.36 Å². The third kappa shape index (κ3) is 1.69. The highest BCUT2D eigenvalue weighted by Crippen LogP contribution is 1.95. The zero-order chi connectivity index (χ0) is 10.7. The SMILES string of the molecule is C/C=C/n1nnn(-c2ccccn2)c1=O. The molecule has 0 aromatic carbocycles. The van der Waals surface area contributed by atoms with Gasteiger partial charge in [-0.1, -0.05) is 12.1 Å². The Kier molecular flexibility index (Phi) is 2.40. The van der Waals surface area contributed by atoms with Gasteiger partial charge in [-0.2, -0.15) is 4.68 Å². The molecule has 0 radical (unpaired) electrons. The second-order valence-corrected chi connectivity index (χ2v) is 2.79. The number of tetrazole rings is 1. The summed E-state index contributed by atoms with van der Waals surface area (Å²) in [6.45, 7) is 1.80. The van der Waals surface area contributed by atoms with Gasteiger partial charge >= 0.3 is 5.69 Å². The first-order chi connectivity index (χ1) is 7.33. The summed E-state index contributed by atoms with van der Waals surface area (Å²) in [7, 11) is 0. The molecule has 0 bridgehead atoms. The molecule has 2 rings (SSSR count). The Balaban J connectivity index is 2.52. The van der Waals surface area contributed by atoms with E-state index in [4.69, 9.17) is 0 Å². The Morgan fingerprint density at radius 3 is 2.87 bits per heavy atom. The first-order valence-corrected chi connectivity index (χ1v) is 4.41. The molecule has 0 saturated carbocycles. The summed E-state index contributed by atoms with van der Waals surface area (Å²) in [6.07, 6.45) is 4.84. The highest BCUT2D eigenvalue weighted by Gasteiger charge is 2.06. The second-order valence-electron chi connectivity index (χ2n) is 2.79. The van der Waals surface area contributed by atoms with Gasteiger partial charge in [0.2, 0.25) is 0 Å². The molecule has 0 unspecified atom stereocenters. The smallest absolute Gasteiger partial charge is 0.243 e. The van der Waals surface area contributed by atoms with Gasteiger partial charge in [-0.3, -0.25) is 0 Å². The minimum atomic E-state index is -0.341. The van der Waals surface area contributed by atoms with E-state index in [0.29, 0.717) is 5.82 Å². The van der Waals surface area contributed by atoms with Crippen molar-refractivity contribution in [3.63, 3.8) is 0 Å². The van der Waals surface area contributed by atoms with Crippen molar-refractivity contribution in [3.05, 3.63) is 41.0 Å².